The molecule has 2 aromatic rings. The summed E-state index contributed by atoms with van der Waals surface area (Å²) in [5.41, 5.74) is 4.79. The molecule has 0 saturated heterocycles. The highest BCUT2D eigenvalue weighted by Crippen LogP contribution is 2.16. The van der Waals surface area contributed by atoms with Gasteiger partial charge in [-0.2, -0.15) is 5.10 Å². The van der Waals surface area contributed by atoms with Crippen molar-refractivity contribution in [1.82, 2.24) is 15.2 Å². The summed E-state index contributed by atoms with van der Waals surface area (Å²) >= 11 is 0. The standard InChI is InChI=1S/C14H16N4O2/c1-8-4-5-9(2)11(6-8)18-10(3)7-12(19)13(17-18)14(20)16-15/h4-7H,15H2,1-3H3,(H,16,20). The SMILES string of the molecule is Cc1ccc(C)c(-n2nc(C(=O)NN)c(=O)cc2C)c1. The van der Waals surface area contributed by atoms with Crippen LogP contribution in [-0.4, -0.2) is 15.7 Å². The minimum Gasteiger partial charge on any atom is -0.289 e. The van der Waals surface area contributed by atoms with E-state index >= 15 is 0 Å². The number of carbonyl (C=O) groups excluding carboxylic acids is 1. The first kappa shape index (κ1) is 14.0. The molecule has 20 heavy (non-hydrogen) atoms. The molecule has 2 rings (SSSR count). The number of aromatic nitrogens is 2. The summed E-state index contributed by atoms with van der Waals surface area (Å²) in [5.74, 6) is 4.37. The van der Waals surface area contributed by atoms with Gasteiger partial charge in [0, 0.05) is 11.8 Å². The minimum atomic E-state index is -0.700. The van der Waals surface area contributed by atoms with Gasteiger partial charge >= 0.3 is 0 Å². The number of nitrogens with one attached hydrogen (secondary N) is 1. The van der Waals surface area contributed by atoms with Crippen LogP contribution >= 0.6 is 0 Å². The summed E-state index contributed by atoms with van der Waals surface area (Å²) in [7, 11) is 0. The number of amides is 1. The number of carbonyl (C=O) groups is 1. The maximum Gasteiger partial charge on any atom is 0.289 e. The second-order valence-electron chi connectivity index (χ2n) is 4.67. The third-order valence-electron chi connectivity index (χ3n) is 3.05. The van der Waals surface area contributed by atoms with E-state index < -0.39 is 11.3 Å². The van der Waals surface area contributed by atoms with Crippen LogP contribution in [0, 0.1) is 20.8 Å². The highest BCUT2D eigenvalue weighted by atomic mass is 16.2. The lowest BCUT2D eigenvalue weighted by atomic mass is 10.1. The van der Waals surface area contributed by atoms with Gasteiger partial charge in [0.1, 0.15) is 0 Å². The molecule has 0 radical (unpaired) electrons. The zero-order chi connectivity index (χ0) is 14.9. The van der Waals surface area contributed by atoms with E-state index in [0.717, 1.165) is 16.8 Å². The number of hydrazine groups is 1. The largest absolute Gasteiger partial charge is 0.289 e. The van der Waals surface area contributed by atoms with Crippen LogP contribution in [0.5, 0.6) is 0 Å². The zero-order valence-corrected chi connectivity index (χ0v) is 11.6. The van der Waals surface area contributed by atoms with Gasteiger partial charge in [0.15, 0.2) is 5.69 Å². The average molecular weight is 272 g/mol. The predicted molar refractivity (Wildman–Crippen MR) is 75.7 cm³/mol. The van der Waals surface area contributed by atoms with E-state index in [-0.39, 0.29) is 5.69 Å². The molecule has 0 aliphatic heterocycles. The lowest BCUT2D eigenvalue weighted by Crippen LogP contribution is -2.36. The first-order valence-corrected chi connectivity index (χ1v) is 6.13. The van der Waals surface area contributed by atoms with E-state index in [1.54, 1.807) is 11.6 Å². The van der Waals surface area contributed by atoms with Crippen LogP contribution < -0.4 is 16.7 Å². The van der Waals surface area contributed by atoms with E-state index in [2.05, 4.69) is 5.10 Å². The van der Waals surface area contributed by atoms with Crippen molar-refractivity contribution < 1.29 is 4.79 Å². The molecule has 0 bridgehead atoms. The van der Waals surface area contributed by atoms with Gasteiger partial charge in [0.05, 0.1) is 5.69 Å². The third-order valence-corrected chi connectivity index (χ3v) is 3.05. The van der Waals surface area contributed by atoms with Gasteiger partial charge in [-0.3, -0.25) is 15.0 Å². The smallest absolute Gasteiger partial charge is 0.289 e. The molecule has 0 saturated carbocycles. The van der Waals surface area contributed by atoms with Crippen molar-refractivity contribution in [3.8, 4) is 5.69 Å². The number of nitrogen functional groups attached to an aromatic ring is 1. The highest BCUT2D eigenvalue weighted by Gasteiger charge is 2.14. The number of hydrogen-bond donors (Lipinski definition) is 2. The summed E-state index contributed by atoms with van der Waals surface area (Å²) in [5, 5.41) is 4.13. The quantitative estimate of drug-likeness (QED) is 0.480. The Morgan fingerprint density at radius 1 is 1.25 bits per heavy atom. The van der Waals surface area contributed by atoms with Crippen LogP contribution in [0.25, 0.3) is 5.69 Å². The number of hydrogen-bond acceptors (Lipinski definition) is 4. The van der Waals surface area contributed by atoms with Crippen molar-refractivity contribution in [1.29, 1.82) is 0 Å². The Bertz CT molecular complexity index is 734. The Morgan fingerprint density at radius 3 is 2.60 bits per heavy atom. The molecule has 6 heteroatoms. The molecule has 104 valence electrons. The van der Waals surface area contributed by atoms with Crippen molar-refractivity contribution >= 4 is 5.91 Å². The summed E-state index contributed by atoms with van der Waals surface area (Å²) in [6.45, 7) is 5.67. The second kappa shape index (κ2) is 5.26. The van der Waals surface area contributed by atoms with Gasteiger partial charge in [-0.05, 0) is 38.0 Å². The van der Waals surface area contributed by atoms with Crippen molar-refractivity contribution in [3.63, 3.8) is 0 Å². The number of rotatable bonds is 2. The van der Waals surface area contributed by atoms with Crippen molar-refractivity contribution in [3.05, 3.63) is 57.0 Å². The van der Waals surface area contributed by atoms with Gasteiger partial charge in [-0.1, -0.05) is 12.1 Å². The molecule has 1 amide bonds. The summed E-state index contributed by atoms with van der Waals surface area (Å²) in [6, 6.07) is 7.28. The van der Waals surface area contributed by atoms with Gasteiger partial charge in [0.25, 0.3) is 5.91 Å². The van der Waals surface area contributed by atoms with E-state index in [1.807, 2.05) is 37.5 Å². The molecule has 1 heterocycles. The summed E-state index contributed by atoms with van der Waals surface area (Å²) < 4.78 is 1.58. The molecule has 0 aliphatic rings. The fraction of sp³-hybridized carbons (Fsp3) is 0.214. The van der Waals surface area contributed by atoms with Crippen LogP contribution in [-0.2, 0) is 0 Å². The van der Waals surface area contributed by atoms with Crippen LogP contribution in [0.15, 0.2) is 29.1 Å². The average Bonchev–Trinajstić information content (AvgIpc) is 2.41. The van der Waals surface area contributed by atoms with E-state index in [1.165, 1.54) is 6.07 Å². The molecule has 0 unspecified atom stereocenters. The Hall–Kier alpha value is -2.47. The Labute approximate surface area is 116 Å². The molecular weight excluding hydrogens is 256 g/mol. The normalized spacial score (nSPS) is 10.4. The molecular formula is C14H16N4O2. The van der Waals surface area contributed by atoms with E-state index in [4.69, 9.17) is 5.84 Å². The molecule has 0 atom stereocenters. The topological polar surface area (TPSA) is 90.0 Å². The molecule has 3 N–H and O–H groups in total. The molecule has 0 fully saturated rings. The number of aryl methyl sites for hydroxylation is 3. The van der Waals surface area contributed by atoms with Crippen LogP contribution in [0.3, 0.4) is 0 Å². The van der Waals surface area contributed by atoms with E-state index in [0.29, 0.717) is 5.69 Å². The summed E-state index contributed by atoms with van der Waals surface area (Å²) in [4.78, 5) is 23.4. The predicted octanol–water partition coefficient (Wildman–Crippen LogP) is 0.761. The Balaban J connectivity index is 2.71. The Kier molecular flexibility index (Phi) is 3.67. The maximum absolute atomic E-state index is 11.8. The van der Waals surface area contributed by atoms with Crippen molar-refractivity contribution in [2.24, 2.45) is 5.84 Å². The van der Waals surface area contributed by atoms with E-state index in [9.17, 15) is 9.59 Å². The number of benzene rings is 1. The number of nitrogens with two attached hydrogens (primary N) is 1. The van der Waals surface area contributed by atoms with Crippen molar-refractivity contribution in [2.75, 3.05) is 0 Å². The fourth-order valence-corrected chi connectivity index (χ4v) is 1.96. The summed E-state index contributed by atoms with van der Waals surface area (Å²) in [6.07, 6.45) is 0. The first-order valence-electron chi connectivity index (χ1n) is 6.13. The second-order valence-corrected chi connectivity index (χ2v) is 4.67. The van der Waals surface area contributed by atoms with Crippen LogP contribution in [0.1, 0.15) is 27.3 Å². The number of nitrogens with zero attached hydrogens (tertiary/aromatic N) is 2. The first-order chi connectivity index (χ1) is 9.43. The van der Waals surface area contributed by atoms with Crippen LogP contribution in [0.4, 0.5) is 0 Å². The molecule has 1 aromatic carbocycles. The molecule has 6 nitrogen and oxygen atoms in total. The lowest BCUT2D eigenvalue weighted by Gasteiger charge is -2.13. The van der Waals surface area contributed by atoms with Gasteiger partial charge in [-0.15, -0.1) is 0 Å². The monoisotopic (exact) mass is 272 g/mol. The van der Waals surface area contributed by atoms with Gasteiger partial charge in [-0.25, -0.2) is 10.5 Å². The third kappa shape index (κ3) is 2.46. The lowest BCUT2D eigenvalue weighted by molar-refractivity contribution is 0.0945. The Morgan fingerprint density at radius 2 is 1.95 bits per heavy atom. The molecule has 0 spiro atoms. The zero-order valence-electron chi connectivity index (χ0n) is 11.6. The fourth-order valence-electron chi connectivity index (χ4n) is 1.96. The molecule has 1 aromatic heterocycles. The van der Waals surface area contributed by atoms with Crippen LogP contribution in [0.2, 0.25) is 0 Å². The van der Waals surface area contributed by atoms with Crippen molar-refractivity contribution in [2.45, 2.75) is 20.8 Å². The minimum absolute atomic E-state index is 0.223. The molecule has 0 aliphatic carbocycles. The highest BCUT2D eigenvalue weighted by molar-refractivity contribution is 5.91. The maximum atomic E-state index is 11.8. The van der Waals surface area contributed by atoms with Gasteiger partial charge < -0.3 is 0 Å². The van der Waals surface area contributed by atoms with Gasteiger partial charge in [0.2, 0.25) is 5.43 Å².